The average Bonchev–Trinajstić information content (AvgIpc) is 2.30. The topological polar surface area (TPSA) is 43.4 Å². The number of ether oxygens (including phenoxy) is 1. The maximum absolute atomic E-state index is 13.4. The Bertz CT molecular complexity index is 467. The number of ketones is 1. The lowest BCUT2D eigenvalue weighted by atomic mass is 9.84. The lowest BCUT2D eigenvalue weighted by Crippen LogP contribution is -2.35. The lowest BCUT2D eigenvalue weighted by molar-refractivity contribution is -0.147. The third-order valence-corrected chi connectivity index (χ3v) is 2.44. The van der Waals surface area contributed by atoms with E-state index in [1.807, 2.05) is 0 Å². The molecule has 0 aliphatic carbocycles. The van der Waals surface area contributed by atoms with Gasteiger partial charge in [0.1, 0.15) is 17.0 Å². The molecule has 3 nitrogen and oxygen atoms in total. The fourth-order valence-corrected chi connectivity index (χ4v) is 1.36. The predicted octanol–water partition coefficient (Wildman–Crippen LogP) is 2.35. The third-order valence-electron chi connectivity index (χ3n) is 2.44. The van der Waals surface area contributed by atoms with Crippen LogP contribution in [-0.4, -0.2) is 18.9 Å². The van der Waals surface area contributed by atoms with E-state index < -0.39 is 34.4 Å². The Hall–Kier alpha value is -1.78. The Kier molecular flexibility index (Phi) is 3.60. The Labute approximate surface area is 97.4 Å². The first-order chi connectivity index (χ1) is 7.80. The van der Waals surface area contributed by atoms with Crippen LogP contribution in [0.25, 0.3) is 0 Å². The number of hydrogen-bond donors (Lipinski definition) is 0. The molecule has 0 heterocycles. The van der Waals surface area contributed by atoms with E-state index in [9.17, 15) is 18.4 Å². The summed E-state index contributed by atoms with van der Waals surface area (Å²) in [5.41, 5.74) is -2.01. The molecule has 1 aromatic rings. The molecule has 0 atom stereocenters. The van der Waals surface area contributed by atoms with Gasteiger partial charge in [-0.2, -0.15) is 0 Å². The summed E-state index contributed by atoms with van der Waals surface area (Å²) in [5, 5.41) is 0. The molecular weight excluding hydrogens is 230 g/mol. The minimum atomic E-state index is -1.55. The molecule has 0 aromatic heterocycles. The molecule has 0 unspecified atom stereocenters. The number of carbonyl (C=O) groups excluding carboxylic acids is 2. The first kappa shape index (κ1) is 13.3. The minimum Gasteiger partial charge on any atom is -0.468 e. The van der Waals surface area contributed by atoms with Crippen LogP contribution in [-0.2, 0) is 9.53 Å². The zero-order chi connectivity index (χ0) is 13.2. The van der Waals surface area contributed by atoms with Gasteiger partial charge in [0, 0.05) is 0 Å². The van der Waals surface area contributed by atoms with Crippen molar-refractivity contribution in [2.24, 2.45) is 5.41 Å². The highest BCUT2D eigenvalue weighted by Gasteiger charge is 2.39. The van der Waals surface area contributed by atoms with E-state index in [-0.39, 0.29) is 0 Å². The van der Waals surface area contributed by atoms with Crippen LogP contribution >= 0.6 is 0 Å². The summed E-state index contributed by atoms with van der Waals surface area (Å²) < 4.78 is 30.8. The molecule has 5 heteroatoms. The van der Waals surface area contributed by atoms with Gasteiger partial charge in [0.05, 0.1) is 12.7 Å². The van der Waals surface area contributed by atoms with Crippen molar-refractivity contribution in [3.8, 4) is 0 Å². The van der Waals surface area contributed by atoms with Gasteiger partial charge in [-0.3, -0.25) is 9.59 Å². The van der Waals surface area contributed by atoms with Gasteiger partial charge in [-0.15, -0.1) is 0 Å². The highest BCUT2D eigenvalue weighted by molar-refractivity contribution is 6.11. The van der Waals surface area contributed by atoms with Gasteiger partial charge in [-0.1, -0.05) is 0 Å². The van der Waals surface area contributed by atoms with Crippen molar-refractivity contribution in [1.29, 1.82) is 0 Å². The van der Waals surface area contributed by atoms with Crippen LogP contribution in [0.2, 0.25) is 0 Å². The highest BCUT2D eigenvalue weighted by atomic mass is 19.1. The molecule has 0 radical (unpaired) electrons. The van der Waals surface area contributed by atoms with Crippen molar-refractivity contribution in [3.05, 3.63) is 35.4 Å². The van der Waals surface area contributed by atoms with Crippen LogP contribution < -0.4 is 0 Å². The number of rotatable bonds is 3. The molecule has 0 bridgehead atoms. The Morgan fingerprint density at radius 3 is 2.35 bits per heavy atom. The number of esters is 1. The van der Waals surface area contributed by atoms with Crippen molar-refractivity contribution in [2.45, 2.75) is 13.8 Å². The maximum Gasteiger partial charge on any atom is 0.319 e. The second-order valence-corrected chi connectivity index (χ2v) is 4.07. The number of benzene rings is 1. The normalized spacial score (nSPS) is 11.1. The summed E-state index contributed by atoms with van der Waals surface area (Å²) >= 11 is 0. The molecule has 0 aliphatic rings. The number of halogens is 2. The van der Waals surface area contributed by atoms with Crippen LogP contribution in [0.1, 0.15) is 24.2 Å². The zero-order valence-corrected chi connectivity index (χ0v) is 9.71. The summed E-state index contributed by atoms with van der Waals surface area (Å²) in [6, 6.07) is 2.51. The second kappa shape index (κ2) is 4.61. The maximum atomic E-state index is 13.4. The van der Waals surface area contributed by atoms with Crippen molar-refractivity contribution in [2.75, 3.05) is 7.11 Å². The zero-order valence-electron chi connectivity index (χ0n) is 9.71. The number of hydrogen-bond acceptors (Lipinski definition) is 3. The molecule has 0 saturated carbocycles. The quantitative estimate of drug-likeness (QED) is 0.464. The summed E-state index contributed by atoms with van der Waals surface area (Å²) in [6.07, 6.45) is 0. The molecule has 0 aliphatic heterocycles. The first-order valence-electron chi connectivity index (χ1n) is 4.89. The Morgan fingerprint density at radius 2 is 1.82 bits per heavy atom. The van der Waals surface area contributed by atoms with E-state index >= 15 is 0 Å². The summed E-state index contributed by atoms with van der Waals surface area (Å²) in [7, 11) is 1.12. The van der Waals surface area contributed by atoms with Gasteiger partial charge in [-0.05, 0) is 32.0 Å². The second-order valence-electron chi connectivity index (χ2n) is 4.07. The third kappa shape index (κ3) is 2.49. The van der Waals surface area contributed by atoms with Crippen molar-refractivity contribution >= 4 is 11.8 Å². The van der Waals surface area contributed by atoms with Crippen LogP contribution in [0.3, 0.4) is 0 Å². The van der Waals surface area contributed by atoms with Gasteiger partial charge in [0.15, 0.2) is 5.78 Å². The molecule has 92 valence electrons. The summed E-state index contributed by atoms with van der Waals surface area (Å²) in [4.78, 5) is 23.3. The Morgan fingerprint density at radius 1 is 1.24 bits per heavy atom. The largest absolute Gasteiger partial charge is 0.468 e. The van der Waals surface area contributed by atoms with E-state index in [2.05, 4.69) is 4.74 Å². The molecule has 0 amide bonds. The van der Waals surface area contributed by atoms with Gasteiger partial charge in [-0.25, -0.2) is 8.78 Å². The fraction of sp³-hybridized carbons (Fsp3) is 0.333. The average molecular weight is 242 g/mol. The van der Waals surface area contributed by atoms with E-state index in [4.69, 9.17) is 0 Å². The van der Waals surface area contributed by atoms with Crippen LogP contribution in [0.4, 0.5) is 8.78 Å². The van der Waals surface area contributed by atoms with E-state index in [0.717, 1.165) is 25.3 Å². The van der Waals surface area contributed by atoms with Crippen LogP contribution in [0.5, 0.6) is 0 Å². The van der Waals surface area contributed by atoms with Gasteiger partial charge in [0.2, 0.25) is 0 Å². The van der Waals surface area contributed by atoms with E-state index in [1.165, 1.54) is 13.8 Å². The van der Waals surface area contributed by atoms with Crippen molar-refractivity contribution in [3.63, 3.8) is 0 Å². The van der Waals surface area contributed by atoms with E-state index in [1.54, 1.807) is 0 Å². The molecule has 1 aromatic carbocycles. The van der Waals surface area contributed by atoms with Crippen LogP contribution in [0, 0.1) is 17.0 Å². The monoisotopic (exact) mass is 242 g/mol. The first-order valence-corrected chi connectivity index (χ1v) is 4.89. The van der Waals surface area contributed by atoms with Crippen LogP contribution in [0.15, 0.2) is 18.2 Å². The summed E-state index contributed by atoms with van der Waals surface area (Å²) in [5.74, 6) is -3.23. The summed E-state index contributed by atoms with van der Waals surface area (Å²) in [6.45, 7) is 2.59. The molecular formula is C12H12F2O3. The predicted molar refractivity (Wildman–Crippen MR) is 56.5 cm³/mol. The molecule has 0 spiro atoms. The number of Topliss-reactive ketones (excluding diaryl/α,β-unsaturated/α-hetero) is 1. The fourth-order valence-electron chi connectivity index (χ4n) is 1.36. The molecule has 17 heavy (non-hydrogen) atoms. The van der Waals surface area contributed by atoms with Crippen molar-refractivity contribution < 1.29 is 23.1 Å². The molecule has 1 rings (SSSR count). The number of methoxy groups -OCH3 is 1. The lowest BCUT2D eigenvalue weighted by Gasteiger charge is -2.20. The molecule has 0 fully saturated rings. The molecule has 0 saturated heterocycles. The smallest absolute Gasteiger partial charge is 0.319 e. The number of carbonyl (C=O) groups is 2. The van der Waals surface area contributed by atoms with E-state index in [0.29, 0.717) is 0 Å². The Balaban J connectivity index is 3.21. The minimum absolute atomic E-state index is 0.458. The van der Waals surface area contributed by atoms with Gasteiger partial charge in [0.25, 0.3) is 0 Å². The van der Waals surface area contributed by atoms with Gasteiger partial charge >= 0.3 is 5.97 Å². The highest BCUT2D eigenvalue weighted by Crippen LogP contribution is 2.25. The van der Waals surface area contributed by atoms with Gasteiger partial charge < -0.3 is 4.74 Å². The molecule has 0 N–H and O–H groups in total. The van der Waals surface area contributed by atoms with Crippen molar-refractivity contribution in [1.82, 2.24) is 0 Å². The SMILES string of the molecule is COC(=O)C(C)(C)C(=O)c1cc(F)ccc1F. The standard InChI is InChI=1S/C12H12F2O3/c1-12(2,11(16)17-3)10(15)8-6-7(13)4-5-9(8)14/h4-6H,1-3H3.